The fourth-order valence-electron chi connectivity index (χ4n) is 3.23. The largest absolute Gasteiger partial charge is 0.389 e. The van der Waals surface area contributed by atoms with Gasteiger partial charge in [0, 0.05) is 13.1 Å². The highest BCUT2D eigenvalue weighted by Crippen LogP contribution is 2.29. The molecule has 0 amide bonds. The fourth-order valence-corrected chi connectivity index (χ4v) is 3.23. The zero-order chi connectivity index (χ0) is 17.0. The number of aliphatic hydroxyl groups excluding tert-OH is 1. The third kappa shape index (κ3) is 4.83. The van der Waals surface area contributed by atoms with Crippen molar-refractivity contribution in [2.24, 2.45) is 5.92 Å². The molecular weight excluding hydrogens is 297 g/mol. The second-order valence-electron chi connectivity index (χ2n) is 6.78. The van der Waals surface area contributed by atoms with Crippen LogP contribution in [0.3, 0.4) is 0 Å². The van der Waals surface area contributed by atoms with Crippen LogP contribution in [0.25, 0.3) is 0 Å². The first kappa shape index (κ1) is 18.0. The van der Waals surface area contributed by atoms with E-state index in [1.165, 1.54) is 19.1 Å². The van der Waals surface area contributed by atoms with E-state index in [-0.39, 0.29) is 17.5 Å². The third-order valence-corrected chi connectivity index (χ3v) is 4.82. The van der Waals surface area contributed by atoms with E-state index in [0.717, 1.165) is 25.1 Å². The summed E-state index contributed by atoms with van der Waals surface area (Å²) in [6, 6.07) is 5.90. The van der Waals surface area contributed by atoms with Gasteiger partial charge in [-0.15, -0.1) is 0 Å². The molecule has 0 aliphatic carbocycles. The third-order valence-electron chi connectivity index (χ3n) is 4.82. The van der Waals surface area contributed by atoms with E-state index in [9.17, 15) is 19.4 Å². The second-order valence-corrected chi connectivity index (χ2v) is 6.78. The van der Waals surface area contributed by atoms with Gasteiger partial charge in [0.1, 0.15) is 11.6 Å². The molecule has 4 nitrogen and oxygen atoms in total. The Bertz CT molecular complexity index is 530. The summed E-state index contributed by atoms with van der Waals surface area (Å²) in [5, 5.41) is 20.4. The Kier molecular flexibility index (Phi) is 5.89. The lowest BCUT2D eigenvalue weighted by Gasteiger charge is -2.41. The Morgan fingerprint density at radius 1 is 1.43 bits per heavy atom. The average Bonchev–Trinajstić information content (AvgIpc) is 2.48. The highest BCUT2D eigenvalue weighted by Gasteiger charge is 2.39. The van der Waals surface area contributed by atoms with Gasteiger partial charge < -0.3 is 15.1 Å². The van der Waals surface area contributed by atoms with Gasteiger partial charge in [0.25, 0.3) is 0 Å². The molecule has 1 saturated heterocycles. The number of hydrogen-bond acceptors (Lipinski definition) is 4. The molecule has 1 fully saturated rings. The summed E-state index contributed by atoms with van der Waals surface area (Å²) in [6.45, 7) is 5.35. The van der Waals surface area contributed by atoms with Gasteiger partial charge in [-0.25, -0.2) is 4.39 Å². The molecule has 1 unspecified atom stereocenters. The summed E-state index contributed by atoms with van der Waals surface area (Å²) in [6.07, 6.45) is 1.35. The molecular formula is C18H26FNO3. The monoisotopic (exact) mass is 323 g/mol. The van der Waals surface area contributed by atoms with Crippen molar-refractivity contribution in [3.63, 3.8) is 0 Å². The molecule has 1 aromatic carbocycles. The van der Waals surface area contributed by atoms with Gasteiger partial charge in [-0.3, -0.25) is 4.79 Å². The van der Waals surface area contributed by atoms with Crippen molar-refractivity contribution in [1.82, 2.24) is 4.90 Å². The van der Waals surface area contributed by atoms with Crippen molar-refractivity contribution in [1.29, 1.82) is 0 Å². The van der Waals surface area contributed by atoms with Gasteiger partial charge in [0.2, 0.25) is 0 Å². The first-order valence-electron chi connectivity index (χ1n) is 8.18. The lowest BCUT2D eigenvalue weighted by molar-refractivity contribution is -0.135. The lowest BCUT2D eigenvalue weighted by atomic mass is 9.80. The van der Waals surface area contributed by atoms with Crippen molar-refractivity contribution in [3.8, 4) is 0 Å². The number of halogens is 1. The van der Waals surface area contributed by atoms with Crippen LogP contribution in [0.15, 0.2) is 24.3 Å². The van der Waals surface area contributed by atoms with E-state index in [4.69, 9.17) is 0 Å². The highest BCUT2D eigenvalue weighted by molar-refractivity contribution is 5.79. The molecule has 0 bridgehead atoms. The van der Waals surface area contributed by atoms with E-state index in [1.807, 2.05) is 0 Å². The number of ketones is 1. The van der Waals surface area contributed by atoms with Gasteiger partial charge in [-0.05, 0) is 57.4 Å². The zero-order valence-corrected chi connectivity index (χ0v) is 13.8. The number of benzene rings is 1. The number of carbonyl (C=O) groups is 1. The van der Waals surface area contributed by atoms with Gasteiger partial charge in [-0.1, -0.05) is 12.1 Å². The molecule has 1 aliphatic heterocycles. The first-order valence-corrected chi connectivity index (χ1v) is 8.18. The molecule has 128 valence electrons. The number of Topliss-reactive ketones (excluding diaryl/α,β-unsaturated/α-hetero) is 1. The van der Waals surface area contributed by atoms with E-state index < -0.39 is 11.7 Å². The molecule has 1 aromatic rings. The number of piperidine rings is 1. The van der Waals surface area contributed by atoms with Crippen LogP contribution in [0.5, 0.6) is 0 Å². The maximum absolute atomic E-state index is 12.9. The van der Waals surface area contributed by atoms with Crippen LogP contribution in [-0.4, -0.2) is 46.1 Å². The highest BCUT2D eigenvalue weighted by atomic mass is 19.1. The number of aliphatic hydroxyl groups is 2. The molecule has 0 saturated carbocycles. The maximum Gasteiger partial charge on any atom is 0.137 e. The second kappa shape index (κ2) is 7.51. The zero-order valence-electron chi connectivity index (χ0n) is 13.8. The number of carbonyl (C=O) groups excluding carboxylic acids is 1. The van der Waals surface area contributed by atoms with Crippen molar-refractivity contribution >= 4 is 5.78 Å². The molecule has 0 radical (unpaired) electrons. The summed E-state index contributed by atoms with van der Waals surface area (Å²) in [4.78, 5) is 13.9. The molecule has 1 heterocycles. The summed E-state index contributed by atoms with van der Waals surface area (Å²) in [7, 11) is 0. The Hall–Kier alpha value is -1.30. The molecule has 23 heavy (non-hydrogen) atoms. The van der Waals surface area contributed by atoms with Crippen LogP contribution in [0.2, 0.25) is 0 Å². The average molecular weight is 323 g/mol. The molecule has 3 atom stereocenters. The molecule has 5 heteroatoms. The van der Waals surface area contributed by atoms with Crippen LogP contribution < -0.4 is 0 Å². The van der Waals surface area contributed by atoms with Crippen LogP contribution in [-0.2, 0) is 4.79 Å². The SMILES string of the molecule is CC(=O)[C@H]1CN(CCCC(O)c2ccc(F)cc2)CC[C@@]1(C)O. The summed E-state index contributed by atoms with van der Waals surface area (Å²) < 4.78 is 12.9. The number of nitrogens with zero attached hydrogens (tertiary/aromatic N) is 1. The van der Waals surface area contributed by atoms with E-state index in [0.29, 0.717) is 19.4 Å². The normalized spacial score (nSPS) is 26.9. The van der Waals surface area contributed by atoms with Crippen molar-refractivity contribution in [2.45, 2.75) is 44.8 Å². The molecule has 0 aromatic heterocycles. The molecule has 0 spiro atoms. The predicted octanol–water partition coefficient (Wildman–Crippen LogP) is 2.30. The topological polar surface area (TPSA) is 60.8 Å². The Balaban J connectivity index is 1.80. The standard InChI is InChI=1S/C18H26FNO3/c1-13(21)16-12-20(11-9-18(16,2)23)10-3-4-17(22)14-5-7-15(19)8-6-14/h5-8,16-17,22-23H,3-4,9-12H2,1-2H3/t16-,17?,18-/m1/s1. The number of hydrogen-bond donors (Lipinski definition) is 2. The minimum absolute atomic E-state index is 0.0195. The minimum Gasteiger partial charge on any atom is -0.389 e. The smallest absolute Gasteiger partial charge is 0.137 e. The lowest BCUT2D eigenvalue weighted by Crippen LogP contribution is -2.52. The van der Waals surface area contributed by atoms with E-state index >= 15 is 0 Å². The summed E-state index contributed by atoms with van der Waals surface area (Å²) in [5.41, 5.74) is -0.203. The van der Waals surface area contributed by atoms with Crippen LogP contribution in [0.4, 0.5) is 4.39 Å². The van der Waals surface area contributed by atoms with Crippen molar-refractivity contribution in [2.75, 3.05) is 19.6 Å². The molecule has 1 aliphatic rings. The quantitative estimate of drug-likeness (QED) is 0.843. The first-order chi connectivity index (χ1) is 10.8. The van der Waals surface area contributed by atoms with Gasteiger partial charge in [0.15, 0.2) is 0 Å². The van der Waals surface area contributed by atoms with E-state index in [2.05, 4.69) is 4.90 Å². The van der Waals surface area contributed by atoms with Crippen molar-refractivity contribution < 1.29 is 19.4 Å². The Morgan fingerprint density at radius 2 is 2.09 bits per heavy atom. The van der Waals surface area contributed by atoms with Crippen LogP contribution in [0.1, 0.15) is 44.8 Å². The predicted molar refractivity (Wildman–Crippen MR) is 86.4 cm³/mol. The van der Waals surface area contributed by atoms with Crippen LogP contribution >= 0.6 is 0 Å². The fraction of sp³-hybridized carbons (Fsp3) is 0.611. The van der Waals surface area contributed by atoms with E-state index in [1.54, 1.807) is 19.1 Å². The van der Waals surface area contributed by atoms with Gasteiger partial charge in [0.05, 0.1) is 17.6 Å². The van der Waals surface area contributed by atoms with Crippen molar-refractivity contribution in [3.05, 3.63) is 35.6 Å². The summed E-state index contributed by atoms with van der Waals surface area (Å²) in [5.74, 6) is -0.638. The minimum atomic E-state index is -0.921. The van der Waals surface area contributed by atoms with Crippen LogP contribution in [0, 0.1) is 11.7 Å². The number of likely N-dealkylation sites (tertiary alicyclic amines) is 1. The summed E-state index contributed by atoms with van der Waals surface area (Å²) >= 11 is 0. The maximum atomic E-state index is 12.9. The molecule has 2 rings (SSSR count). The van der Waals surface area contributed by atoms with Gasteiger partial charge >= 0.3 is 0 Å². The Labute approximate surface area is 136 Å². The number of rotatable bonds is 6. The van der Waals surface area contributed by atoms with Gasteiger partial charge in [-0.2, -0.15) is 0 Å². The molecule has 2 N–H and O–H groups in total. The Morgan fingerprint density at radius 3 is 2.70 bits per heavy atom.